The number of benzene rings is 2. The molecule has 1 aliphatic carbocycles. The monoisotopic (exact) mass is 391 g/mol. The fraction of sp³-hybridized carbons (Fsp3) is 0.278. The van der Waals surface area contributed by atoms with E-state index in [0.29, 0.717) is 6.61 Å². The average molecular weight is 392 g/mol. The van der Waals surface area contributed by atoms with Crippen molar-refractivity contribution in [3.05, 3.63) is 58.6 Å². The first kappa shape index (κ1) is 16.8. The quantitative estimate of drug-likeness (QED) is 0.757. The summed E-state index contributed by atoms with van der Waals surface area (Å²) < 4.78 is 12.5. The third-order valence-electron chi connectivity index (χ3n) is 3.90. The Morgan fingerprint density at radius 2 is 1.92 bits per heavy atom. The lowest BCUT2D eigenvalue weighted by molar-refractivity contribution is -0.0254. The van der Waals surface area contributed by atoms with Crippen LogP contribution in [0.15, 0.2) is 53.0 Å². The highest BCUT2D eigenvalue weighted by atomic mass is 79.9. The van der Waals surface area contributed by atoms with Crippen LogP contribution in [0.2, 0.25) is 0 Å². The molecule has 2 aromatic rings. The van der Waals surface area contributed by atoms with Crippen molar-refractivity contribution in [3.8, 4) is 11.5 Å². The molecule has 0 spiro atoms. The van der Waals surface area contributed by atoms with Crippen LogP contribution in [0.4, 0.5) is 4.79 Å². The van der Waals surface area contributed by atoms with E-state index in [0.717, 1.165) is 34.4 Å². The van der Waals surface area contributed by atoms with Crippen LogP contribution in [0.1, 0.15) is 18.4 Å². The van der Waals surface area contributed by atoms with Crippen molar-refractivity contribution in [2.45, 2.75) is 31.6 Å². The molecule has 0 atom stereocenters. The molecule has 3 rings (SSSR count). The van der Waals surface area contributed by atoms with Gasteiger partial charge in [0.2, 0.25) is 0 Å². The van der Waals surface area contributed by atoms with Crippen LogP contribution < -0.4 is 10.1 Å². The highest BCUT2D eigenvalue weighted by Crippen LogP contribution is 2.29. The summed E-state index contributed by atoms with van der Waals surface area (Å²) >= 11 is 3.55. The van der Waals surface area contributed by atoms with E-state index < -0.39 is 6.09 Å². The van der Waals surface area contributed by atoms with Crippen LogP contribution in [0.25, 0.3) is 0 Å². The number of ether oxygens (including phenoxy) is 2. The van der Waals surface area contributed by atoms with E-state index in [2.05, 4.69) is 21.2 Å². The van der Waals surface area contributed by atoms with Gasteiger partial charge in [0.25, 0.3) is 0 Å². The van der Waals surface area contributed by atoms with Gasteiger partial charge in [-0.25, -0.2) is 4.79 Å². The lowest BCUT2D eigenvalue weighted by Crippen LogP contribution is -2.47. The first-order chi connectivity index (χ1) is 11.6. The zero-order valence-electron chi connectivity index (χ0n) is 12.9. The number of hydrogen-bond donors (Lipinski definition) is 2. The van der Waals surface area contributed by atoms with E-state index >= 15 is 0 Å². The van der Waals surface area contributed by atoms with Crippen molar-refractivity contribution < 1.29 is 19.4 Å². The Kier molecular flexibility index (Phi) is 5.37. The van der Waals surface area contributed by atoms with E-state index in [1.807, 2.05) is 48.5 Å². The molecule has 5 nitrogen and oxygen atoms in total. The number of carbonyl (C=O) groups is 1. The topological polar surface area (TPSA) is 67.8 Å². The zero-order valence-corrected chi connectivity index (χ0v) is 14.5. The molecular formula is C18H18BrNO4. The van der Waals surface area contributed by atoms with Crippen molar-refractivity contribution in [2.75, 3.05) is 0 Å². The molecular weight excluding hydrogens is 374 g/mol. The van der Waals surface area contributed by atoms with Gasteiger partial charge in [-0.2, -0.15) is 0 Å². The molecule has 2 aromatic carbocycles. The number of halogens is 1. The van der Waals surface area contributed by atoms with Gasteiger partial charge in [-0.1, -0.05) is 40.2 Å². The highest BCUT2D eigenvalue weighted by Gasteiger charge is 2.31. The Labute approximate surface area is 148 Å². The van der Waals surface area contributed by atoms with Crippen LogP contribution >= 0.6 is 15.9 Å². The van der Waals surface area contributed by atoms with Crippen molar-refractivity contribution >= 4 is 22.0 Å². The summed E-state index contributed by atoms with van der Waals surface area (Å²) in [7, 11) is 0. The molecule has 1 aliphatic rings. The Balaban J connectivity index is 1.50. The number of carboxylic acid groups (broad SMARTS) is 1. The molecule has 0 aromatic heterocycles. The van der Waals surface area contributed by atoms with E-state index in [9.17, 15) is 4.79 Å². The summed E-state index contributed by atoms with van der Waals surface area (Å²) in [5.74, 6) is 1.55. The maximum Gasteiger partial charge on any atom is 0.404 e. The van der Waals surface area contributed by atoms with Crippen LogP contribution in [-0.4, -0.2) is 23.3 Å². The molecule has 6 heteroatoms. The molecule has 1 saturated carbocycles. The van der Waals surface area contributed by atoms with Crippen LogP contribution in [0.5, 0.6) is 11.5 Å². The van der Waals surface area contributed by atoms with Crippen molar-refractivity contribution in [1.82, 2.24) is 5.32 Å². The second-order valence-corrected chi connectivity index (χ2v) is 6.57. The minimum atomic E-state index is -0.977. The summed E-state index contributed by atoms with van der Waals surface area (Å²) in [5.41, 5.74) is 1.03. The summed E-state index contributed by atoms with van der Waals surface area (Å²) in [6.45, 7) is 0.483. The standard InChI is InChI=1S/C18H18BrNO4/c19-17-10-15(24-14-4-2-1-3-5-14)7-6-12(17)11-23-16-8-13(9-16)20-18(21)22/h1-7,10,13,16,20H,8-9,11H2,(H,21,22). The third kappa shape index (κ3) is 4.49. The average Bonchev–Trinajstić information content (AvgIpc) is 2.51. The fourth-order valence-corrected chi connectivity index (χ4v) is 3.01. The van der Waals surface area contributed by atoms with Gasteiger partial charge in [-0.05, 0) is 42.7 Å². The molecule has 0 unspecified atom stereocenters. The molecule has 1 amide bonds. The van der Waals surface area contributed by atoms with Gasteiger partial charge < -0.3 is 19.9 Å². The zero-order chi connectivity index (χ0) is 16.9. The van der Waals surface area contributed by atoms with Crippen LogP contribution in [0, 0.1) is 0 Å². The van der Waals surface area contributed by atoms with Crippen molar-refractivity contribution in [1.29, 1.82) is 0 Å². The molecule has 0 bridgehead atoms. The lowest BCUT2D eigenvalue weighted by atomic mass is 9.89. The highest BCUT2D eigenvalue weighted by molar-refractivity contribution is 9.10. The molecule has 126 valence electrons. The van der Waals surface area contributed by atoms with Gasteiger partial charge in [0.15, 0.2) is 0 Å². The van der Waals surface area contributed by atoms with Crippen LogP contribution in [0.3, 0.4) is 0 Å². The molecule has 0 saturated heterocycles. The Morgan fingerprint density at radius 3 is 2.58 bits per heavy atom. The molecule has 2 N–H and O–H groups in total. The summed E-state index contributed by atoms with van der Waals surface area (Å²) in [5, 5.41) is 11.1. The minimum absolute atomic E-state index is 0.0117. The van der Waals surface area contributed by atoms with Gasteiger partial charge in [-0.3, -0.25) is 0 Å². The predicted octanol–water partition coefficient (Wildman–Crippen LogP) is 4.56. The first-order valence-corrected chi connectivity index (χ1v) is 8.52. The number of para-hydroxylation sites is 1. The largest absolute Gasteiger partial charge is 0.465 e. The summed E-state index contributed by atoms with van der Waals surface area (Å²) in [4.78, 5) is 10.5. The van der Waals surface area contributed by atoms with E-state index in [1.165, 1.54) is 0 Å². The Hall–Kier alpha value is -2.05. The maximum atomic E-state index is 10.5. The van der Waals surface area contributed by atoms with E-state index in [1.54, 1.807) is 0 Å². The van der Waals surface area contributed by atoms with E-state index in [-0.39, 0.29) is 12.1 Å². The summed E-state index contributed by atoms with van der Waals surface area (Å²) in [6, 6.07) is 15.4. The van der Waals surface area contributed by atoms with Gasteiger partial charge in [-0.15, -0.1) is 0 Å². The first-order valence-electron chi connectivity index (χ1n) is 7.72. The van der Waals surface area contributed by atoms with Crippen LogP contribution in [-0.2, 0) is 11.3 Å². The second-order valence-electron chi connectivity index (χ2n) is 5.72. The second kappa shape index (κ2) is 7.68. The maximum absolute atomic E-state index is 10.5. The van der Waals surface area contributed by atoms with Crippen molar-refractivity contribution in [3.63, 3.8) is 0 Å². The molecule has 24 heavy (non-hydrogen) atoms. The normalized spacial score (nSPS) is 19.4. The van der Waals surface area contributed by atoms with Gasteiger partial charge in [0.1, 0.15) is 11.5 Å². The fourth-order valence-electron chi connectivity index (χ4n) is 2.54. The van der Waals surface area contributed by atoms with Crippen molar-refractivity contribution in [2.24, 2.45) is 0 Å². The number of amides is 1. The van der Waals surface area contributed by atoms with Gasteiger partial charge >= 0.3 is 6.09 Å². The molecule has 0 radical (unpaired) electrons. The lowest BCUT2D eigenvalue weighted by Gasteiger charge is -2.34. The molecule has 1 fully saturated rings. The van der Waals surface area contributed by atoms with Gasteiger partial charge in [0, 0.05) is 10.5 Å². The Morgan fingerprint density at radius 1 is 1.17 bits per heavy atom. The molecule has 0 aliphatic heterocycles. The predicted molar refractivity (Wildman–Crippen MR) is 93.4 cm³/mol. The summed E-state index contributed by atoms with van der Waals surface area (Å²) in [6.07, 6.45) is 0.572. The third-order valence-corrected chi connectivity index (χ3v) is 4.64. The molecule has 0 heterocycles. The number of rotatable bonds is 6. The SMILES string of the molecule is O=C(O)NC1CC(OCc2ccc(Oc3ccccc3)cc2Br)C1. The smallest absolute Gasteiger partial charge is 0.404 e. The number of nitrogens with one attached hydrogen (secondary N) is 1. The van der Waals surface area contributed by atoms with E-state index in [4.69, 9.17) is 14.6 Å². The number of hydrogen-bond acceptors (Lipinski definition) is 3. The minimum Gasteiger partial charge on any atom is -0.465 e. The van der Waals surface area contributed by atoms with Gasteiger partial charge in [0.05, 0.1) is 12.7 Å². The Bertz CT molecular complexity index is 701.